The van der Waals surface area contributed by atoms with Crippen LogP contribution in [0, 0.1) is 5.92 Å². The van der Waals surface area contributed by atoms with E-state index in [1.807, 2.05) is 24.3 Å². The van der Waals surface area contributed by atoms with E-state index in [0.717, 1.165) is 11.1 Å². The number of carboxylic acid groups (broad SMARTS) is 1. The van der Waals surface area contributed by atoms with E-state index in [1.54, 1.807) is 13.8 Å². The number of aliphatic carboxylic acids is 1. The maximum absolute atomic E-state index is 12.6. The fraction of sp³-hybridized carbons (Fsp3) is 0.400. The average molecular weight is 437 g/mol. The monoisotopic (exact) mass is 436 g/mol. The van der Waals surface area contributed by atoms with Crippen molar-refractivity contribution in [3.63, 3.8) is 0 Å². The molecule has 2 aromatic rings. The number of alkyl carbamates (subject to hydrolysis) is 1. The van der Waals surface area contributed by atoms with Crippen molar-refractivity contribution in [1.82, 2.24) is 10.2 Å². The van der Waals surface area contributed by atoms with Crippen molar-refractivity contribution in [3.05, 3.63) is 59.7 Å². The third kappa shape index (κ3) is 4.33. The zero-order valence-electron chi connectivity index (χ0n) is 18.3. The number of fused-ring (bicyclic) bond motifs is 3. The number of hydrogen-bond donors (Lipinski definition) is 2. The standard InChI is InChI=1S/C25H28N2O5/c1-15(2)27(13-23(28)29)24(30)16-11-17(12-16)26-25(31)32-14-22-20-9-5-3-7-18(20)19-8-4-6-10-21(19)22/h3-10,15-17,22H,11-14H2,1-2H3,(H,26,31)(H,28,29). The van der Waals surface area contributed by atoms with Gasteiger partial charge in [-0.1, -0.05) is 48.5 Å². The zero-order chi connectivity index (χ0) is 22.8. The van der Waals surface area contributed by atoms with Gasteiger partial charge in [0.2, 0.25) is 5.91 Å². The van der Waals surface area contributed by atoms with Crippen molar-refractivity contribution in [2.24, 2.45) is 5.92 Å². The summed E-state index contributed by atoms with van der Waals surface area (Å²) < 4.78 is 5.56. The molecule has 2 aliphatic rings. The van der Waals surface area contributed by atoms with Crippen molar-refractivity contribution >= 4 is 18.0 Å². The first-order chi connectivity index (χ1) is 15.3. The van der Waals surface area contributed by atoms with Gasteiger partial charge in [0, 0.05) is 23.9 Å². The van der Waals surface area contributed by atoms with Gasteiger partial charge in [0.15, 0.2) is 0 Å². The third-order valence-electron chi connectivity index (χ3n) is 6.36. The summed E-state index contributed by atoms with van der Waals surface area (Å²) in [5.41, 5.74) is 4.66. The highest BCUT2D eigenvalue weighted by molar-refractivity contribution is 5.84. The van der Waals surface area contributed by atoms with Crippen LogP contribution in [0.5, 0.6) is 0 Å². The Kier molecular flexibility index (Phi) is 6.17. The molecule has 7 nitrogen and oxygen atoms in total. The zero-order valence-corrected chi connectivity index (χ0v) is 18.3. The Morgan fingerprint density at radius 2 is 1.59 bits per heavy atom. The lowest BCUT2D eigenvalue weighted by Gasteiger charge is -2.38. The summed E-state index contributed by atoms with van der Waals surface area (Å²) in [6.07, 6.45) is 0.492. The molecule has 1 saturated carbocycles. The number of ether oxygens (including phenoxy) is 1. The molecule has 0 saturated heterocycles. The Morgan fingerprint density at radius 1 is 1.03 bits per heavy atom. The second-order valence-electron chi connectivity index (χ2n) is 8.79. The van der Waals surface area contributed by atoms with Gasteiger partial charge in [-0.15, -0.1) is 0 Å². The van der Waals surface area contributed by atoms with Gasteiger partial charge in [0.25, 0.3) is 0 Å². The quantitative estimate of drug-likeness (QED) is 0.691. The summed E-state index contributed by atoms with van der Waals surface area (Å²) in [4.78, 5) is 37.4. The van der Waals surface area contributed by atoms with Gasteiger partial charge in [-0.25, -0.2) is 4.79 Å². The largest absolute Gasteiger partial charge is 0.480 e. The Labute approximate surface area is 187 Å². The second-order valence-corrected chi connectivity index (χ2v) is 8.79. The lowest BCUT2D eigenvalue weighted by Crippen LogP contribution is -2.52. The molecular weight excluding hydrogens is 408 g/mol. The number of carboxylic acids is 1. The fourth-order valence-corrected chi connectivity index (χ4v) is 4.64. The van der Waals surface area contributed by atoms with Crippen molar-refractivity contribution in [1.29, 1.82) is 0 Å². The van der Waals surface area contributed by atoms with Crippen molar-refractivity contribution in [2.45, 2.75) is 44.7 Å². The van der Waals surface area contributed by atoms with Crippen LogP contribution in [0.25, 0.3) is 11.1 Å². The van der Waals surface area contributed by atoms with Crippen LogP contribution in [0.15, 0.2) is 48.5 Å². The van der Waals surface area contributed by atoms with Crippen LogP contribution in [-0.2, 0) is 14.3 Å². The van der Waals surface area contributed by atoms with E-state index in [1.165, 1.54) is 16.0 Å². The summed E-state index contributed by atoms with van der Waals surface area (Å²) in [5.74, 6) is -1.47. The van der Waals surface area contributed by atoms with E-state index in [9.17, 15) is 14.4 Å². The molecule has 2 aromatic carbocycles. The second kappa shape index (κ2) is 9.02. The van der Waals surface area contributed by atoms with E-state index in [4.69, 9.17) is 9.84 Å². The Morgan fingerprint density at radius 3 is 2.12 bits per heavy atom. The maximum Gasteiger partial charge on any atom is 0.407 e. The Hall–Kier alpha value is -3.35. The molecule has 2 aliphatic carbocycles. The summed E-state index contributed by atoms with van der Waals surface area (Å²) in [6.45, 7) is 3.53. The van der Waals surface area contributed by atoms with E-state index in [2.05, 4.69) is 29.6 Å². The van der Waals surface area contributed by atoms with Gasteiger partial charge in [-0.05, 0) is 48.9 Å². The SMILES string of the molecule is CC(C)N(CC(=O)O)C(=O)C1CC(NC(=O)OCC2c3ccccc3-c3ccccc32)C1. The molecule has 0 spiro atoms. The van der Waals surface area contributed by atoms with Gasteiger partial charge in [-0.3, -0.25) is 9.59 Å². The third-order valence-corrected chi connectivity index (χ3v) is 6.36. The van der Waals surface area contributed by atoms with Crippen LogP contribution in [0.2, 0.25) is 0 Å². The number of carbonyl (C=O) groups excluding carboxylic acids is 2. The maximum atomic E-state index is 12.6. The predicted octanol–water partition coefficient (Wildman–Crippen LogP) is 3.63. The summed E-state index contributed by atoms with van der Waals surface area (Å²) in [5, 5.41) is 11.9. The van der Waals surface area contributed by atoms with Gasteiger partial charge in [0.1, 0.15) is 13.2 Å². The van der Waals surface area contributed by atoms with Gasteiger partial charge in [0.05, 0.1) is 0 Å². The molecule has 1 fully saturated rings. The average Bonchev–Trinajstić information content (AvgIpc) is 3.06. The van der Waals surface area contributed by atoms with Crippen LogP contribution >= 0.6 is 0 Å². The minimum atomic E-state index is -1.03. The molecule has 2 N–H and O–H groups in total. The molecule has 0 radical (unpaired) electrons. The van der Waals surface area contributed by atoms with E-state index in [-0.39, 0.29) is 43.0 Å². The molecule has 0 aromatic heterocycles. The first kappa shape index (κ1) is 21.9. The number of rotatable bonds is 7. The molecule has 0 heterocycles. The first-order valence-electron chi connectivity index (χ1n) is 11.0. The smallest absolute Gasteiger partial charge is 0.407 e. The molecule has 0 bridgehead atoms. The topological polar surface area (TPSA) is 95.9 Å². The van der Waals surface area contributed by atoms with Crippen LogP contribution in [0.1, 0.15) is 43.7 Å². The number of nitrogens with zero attached hydrogens (tertiary/aromatic N) is 1. The molecule has 2 amide bonds. The molecule has 168 valence electrons. The molecule has 0 aliphatic heterocycles. The lowest BCUT2D eigenvalue weighted by atomic mass is 9.79. The van der Waals surface area contributed by atoms with Crippen LogP contribution in [0.3, 0.4) is 0 Å². The first-order valence-corrected chi connectivity index (χ1v) is 11.0. The normalized spacial score (nSPS) is 19.0. The van der Waals surface area contributed by atoms with Crippen molar-refractivity contribution in [2.75, 3.05) is 13.2 Å². The summed E-state index contributed by atoms with van der Waals surface area (Å²) in [7, 11) is 0. The summed E-state index contributed by atoms with van der Waals surface area (Å²) >= 11 is 0. The van der Waals surface area contributed by atoms with Crippen LogP contribution in [0.4, 0.5) is 4.79 Å². The summed E-state index contributed by atoms with van der Waals surface area (Å²) in [6, 6.07) is 16.0. The van der Waals surface area contributed by atoms with Crippen molar-refractivity contribution in [3.8, 4) is 11.1 Å². The number of carbonyl (C=O) groups is 3. The van der Waals surface area contributed by atoms with Gasteiger partial charge in [-0.2, -0.15) is 0 Å². The molecular formula is C25H28N2O5. The molecule has 0 unspecified atom stereocenters. The minimum Gasteiger partial charge on any atom is -0.480 e. The lowest BCUT2D eigenvalue weighted by molar-refractivity contribution is -0.149. The number of benzene rings is 2. The highest BCUT2D eigenvalue weighted by Crippen LogP contribution is 2.44. The van der Waals surface area contributed by atoms with Crippen LogP contribution < -0.4 is 5.32 Å². The van der Waals surface area contributed by atoms with E-state index >= 15 is 0 Å². The molecule has 4 rings (SSSR count). The highest BCUT2D eigenvalue weighted by atomic mass is 16.5. The van der Waals surface area contributed by atoms with Crippen molar-refractivity contribution < 1.29 is 24.2 Å². The Balaban J connectivity index is 1.29. The Bertz CT molecular complexity index is 983. The van der Waals surface area contributed by atoms with Crippen LogP contribution in [-0.4, -0.2) is 53.2 Å². The van der Waals surface area contributed by atoms with Gasteiger partial charge >= 0.3 is 12.1 Å². The minimum absolute atomic E-state index is 0.000476. The fourth-order valence-electron chi connectivity index (χ4n) is 4.64. The van der Waals surface area contributed by atoms with Gasteiger partial charge < -0.3 is 20.1 Å². The highest BCUT2D eigenvalue weighted by Gasteiger charge is 2.39. The number of nitrogens with one attached hydrogen (secondary N) is 1. The number of amides is 2. The van der Waals surface area contributed by atoms with E-state index in [0.29, 0.717) is 12.8 Å². The van der Waals surface area contributed by atoms with E-state index < -0.39 is 12.1 Å². The number of hydrogen-bond acceptors (Lipinski definition) is 4. The molecule has 32 heavy (non-hydrogen) atoms. The molecule has 0 atom stereocenters. The molecule has 7 heteroatoms. The predicted molar refractivity (Wildman–Crippen MR) is 119 cm³/mol.